The van der Waals surface area contributed by atoms with Gasteiger partial charge in [-0.05, 0) is 31.5 Å². The Bertz CT molecular complexity index is 574. The summed E-state index contributed by atoms with van der Waals surface area (Å²) >= 11 is 0. The molecule has 1 aromatic carbocycles. The summed E-state index contributed by atoms with van der Waals surface area (Å²) in [4.78, 5) is 14.7. The lowest BCUT2D eigenvalue weighted by atomic mass is 10.1. The average Bonchev–Trinajstić information content (AvgIpc) is 2.86. The Morgan fingerprint density at radius 2 is 2.26 bits per heavy atom. The highest BCUT2D eigenvalue weighted by atomic mass is 16.5. The van der Waals surface area contributed by atoms with Crippen LogP contribution >= 0.6 is 0 Å². The maximum absolute atomic E-state index is 10.7. The maximum atomic E-state index is 10.7. The predicted octanol–water partition coefficient (Wildman–Crippen LogP) is 2.96. The third-order valence-electron chi connectivity index (χ3n) is 2.48. The van der Waals surface area contributed by atoms with E-state index >= 15 is 0 Å². The van der Waals surface area contributed by atoms with Crippen LogP contribution in [-0.4, -0.2) is 22.2 Å². The van der Waals surface area contributed by atoms with Crippen LogP contribution in [0.15, 0.2) is 34.9 Å². The van der Waals surface area contributed by atoms with Gasteiger partial charge in [-0.15, -0.1) is 0 Å². The molecule has 0 fully saturated rings. The number of hydrogen-bond acceptors (Lipinski definition) is 4. The molecule has 2 aromatic rings. The number of carbonyl (C=O) groups is 1. The zero-order valence-corrected chi connectivity index (χ0v) is 10.8. The summed E-state index contributed by atoms with van der Waals surface area (Å²) in [5.74, 6) is -0.807. The minimum atomic E-state index is -1.10. The molecule has 0 atom stereocenters. The first-order valence-electron chi connectivity index (χ1n) is 5.96. The molecule has 1 aromatic heterocycles. The van der Waals surface area contributed by atoms with Gasteiger partial charge in [-0.25, -0.2) is 9.78 Å². The summed E-state index contributed by atoms with van der Waals surface area (Å²) in [6.07, 6.45) is 1.29. The molecule has 2 rings (SSSR count). The highest BCUT2D eigenvalue weighted by molar-refractivity contribution is 5.85. The van der Waals surface area contributed by atoms with Crippen LogP contribution in [0.1, 0.15) is 29.9 Å². The molecule has 0 aliphatic heterocycles. The summed E-state index contributed by atoms with van der Waals surface area (Å²) in [5, 5.41) is 8.80. The van der Waals surface area contributed by atoms with Crippen LogP contribution in [0.25, 0.3) is 11.5 Å². The summed E-state index contributed by atoms with van der Waals surface area (Å²) in [6, 6.07) is 7.49. The van der Waals surface area contributed by atoms with Gasteiger partial charge in [0.05, 0.1) is 12.7 Å². The molecule has 1 heterocycles. The van der Waals surface area contributed by atoms with Gasteiger partial charge in [-0.1, -0.05) is 12.1 Å². The lowest BCUT2D eigenvalue weighted by Gasteiger charge is -2.07. The van der Waals surface area contributed by atoms with Crippen molar-refractivity contribution in [3.63, 3.8) is 0 Å². The van der Waals surface area contributed by atoms with Crippen LogP contribution in [0, 0.1) is 0 Å². The number of benzene rings is 1. The Balaban J connectivity index is 2.19. The zero-order valence-electron chi connectivity index (χ0n) is 10.8. The second kappa shape index (κ2) is 5.67. The van der Waals surface area contributed by atoms with Crippen LogP contribution in [0.4, 0.5) is 0 Å². The molecule has 19 heavy (non-hydrogen) atoms. The molecule has 0 radical (unpaired) electrons. The maximum Gasteiger partial charge on any atom is 0.357 e. The number of aromatic nitrogens is 1. The Hall–Kier alpha value is -2.14. The van der Waals surface area contributed by atoms with E-state index in [0.29, 0.717) is 12.5 Å². The summed E-state index contributed by atoms with van der Waals surface area (Å²) in [7, 11) is 0. The number of carboxylic acid groups (broad SMARTS) is 1. The van der Waals surface area contributed by atoms with E-state index in [1.165, 1.54) is 0 Å². The first kappa shape index (κ1) is 13.3. The van der Waals surface area contributed by atoms with Crippen molar-refractivity contribution >= 4 is 5.97 Å². The van der Waals surface area contributed by atoms with Crippen molar-refractivity contribution in [1.29, 1.82) is 0 Å². The van der Waals surface area contributed by atoms with Gasteiger partial charge in [-0.2, -0.15) is 0 Å². The molecular weight excluding hydrogens is 246 g/mol. The van der Waals surface area contributed by atoms with E-state index in [9.17, 15) is 4.79 Å². The first-order valence-corrected chi connectivity index (χ1v) is 5.96. The molecule has 5 nitrogen and oxygen atoms in total. The van der Waals surface area contributed by atoms with E-state index in [0.717, 1.165) is 17.4 Å². The van der Waals surface area contributed by atoms with Gasteiger partial charge < -0.3 is 14.3 Å². The monoisotopic (exact) mass is 261 g/mol. The Morgan fingerprint density at radius 3 is 2.89 bits per heavy atom. The minimum absolute atomic E-state index is 0.0983. The molecule has 1 N–H and O–H groups in total. The van der Waals surface area contributed by atoms with Gasteiger partial charge in [0.25, 0.3) is 0 Å². The van der Waals surface area contributed by atoms with E-state index < -0.39 is 5.97 Å². The van der Waals surface area contributed by atoms with Crippen molar-refractivity contribution in [3.8, 4) is 11.5 Å². The van der Waals surface area contributed by atoms with Gasteiger partial charge in [0.15, 0.2) is 5.69 Å². The van der Waals surface area contributed by atoms with Crippen molar-refractivity contribution < 1.29 is 19.1 Å². The van der Waals surface area contributed by atoms with Crippen molar-refractivity contribution in [2.45, 2.75) is 26.6 Å². The van der Waals surface area contributed by atoms with Gasteiger partial charge in [0, 0.05) is 5.56 Å². The molecule has 0 aliphatic carbocycles. The molecular formula is C14H15NO4. The van der Waals surface area contributed by atoms with E-state index in [4.69, 9.17) is 14.3 Å². The Morgan fingerprint density at radius 1 is 1.47 bits per heavy atom. The van der Waals surface area contributed by atoms with Crippen LogP contribution < -0.4 is 0 Å². The van der Waals surface area contributed by atoms with Gasteiger partial charge >= 0.3 is 5.97 Å². The summed E-state index contributed by atoms with van der Waals surface area (Å²) in [5.41, 5.74) is 1.62. The smallest absolute Gasteiger partial charge is 0.357 e. The fraction of sp³-hybridized carbons (Fsp3) is 0.286. The van der Waals surface area contributed by atoms with Crippen molar-refractivity contribution in [2.75, 3.05) is 0 Å². The standard InChI is InChI=1S/C14H15NO4/c1-9(2)18-7-10-4-3-5-11(6-10)13-15-12(8-19-13)14(16)17/h3-6,8-9H,7H2,1-2H3,(H,16,17). The summed E-state index contributed by atoms with van der Waals surface area (Å²) in [6.45, 7) is 4.44. The SMILES string of the molecule is CC(C)OCc1cccc(-c2nc(C(=O)O)co2)c1. The second-order valence-electron chi connectivity index (χ2n) is 4.40. The van der Waals surface area contributed by atoms with E-state index in [1.54, 1.807) is 0 Å². The number of carboxylic acids is 1. The number of ether oxygens (including phenoxy) is 1. The fourth-order valence-corrected chi connectivity index (χ4v) is 1.56. The predicted molar refractivity (Wildman–Crippen MR) is 68.8 cm³/mol. The van der Waals surface area contributed by atoms with Crippen LogP contribution in [0.2, 0.25) is 0 Å². The van der Waals surface area contributed by atoms with E-state index in [2.05, 4.69) is 4.98 Å². The number of hydrogen-bond donors (Lipinski definition) is 1. The van der Waals surface area contributed by atoms with Crippen molar-refractivity contribution in [3.05, 3.63) is 41.8 Å². The quantitative estimate of drug-likeness (QED) is 0.895. The largest absolute Gasteiger partial charge is 0.476 e. The number of nitrogens with zero attached hydrogens (tertiary/aromatic N) is 1. The first-order chi connectivity index (χ1) is 9.06. The number of oxazole rings is 1. The molecule has 5 heteroatoms. The van der Waals surface area contributed by atoms with Gasteiger partial charge in [-0.3, -0.25) is 0 Å². The van der Waals surface area contributed by atoms with Crippen molar-refractivity contribution in [1.82, 2.24) is 4.98 Å². The number of rotatable bonds is 5. The van der Waals surface area contributed by atoms with E-state index in [-0.39, 0.29) is 11.8 Å². The van der Waals surface area contributed by atoms with Gasteiger partial charge in [0.1, 0.15) is 6.26 Å². The Kier molecular flexibility index (Phi) is 3.97. The van der Waals surface area contributed by atoms with Crippen LogP contribution in [-0.2, 0) is 11.3 Å². The molecule has 0 saturated carbocycles. The van der Waals surface area contributed by atoms with Gasteiger partial charge in [0.2, 0.25) is 5.89 Å². The molecule has 0 saturated heterocycles. The normalized spacial score (nSPS) is 10.9. The lowest BCUT2D eigenvalue weighted by Crippen LogP contribution is -2.02. The molecule has 0 amide bonds. The zero-order chi connectivity index (χ0) is 13.8. The second-order valence-corrected chi connectivity index (χ2v) is 4.40. The van der Waals surface area contributed by atoms with Crippen LogP contribution in [0.5, 0.6) is 0 Å². The molecule has 0 aliphatic rings. The van der Waals surface area contributed by atoms with E-state index in [1.807, 2.05) is 38.1 Å². The molecule has 0 unspecified atom stereocenters. The molecule has 100 valence electrons. The minimum Gasteiger partial charge on any atom is -0.476 e. The summed E-state index contributed by atoms with van der Waals surface area (Å²) < 4.78 is 10.7. The van der Waals surface area contributed by atoms with Crippen molar-refractivity contribution in [2.24, 2.45) is 0 Å². The lowest BCUT2D eigenvalue weighted by molar-refractivity contribution is 0.0657. The molecule has 0 spiro atoms. The molecule has 0 bridgehead atoms. The number of aromatic carboxylic acids is 1. The Labute approximate surface area is 110 Å². The highest BCUT2D eigenvalue weighted by Gasteiger charge is 2.12. The fourth-order valence-electron chi connectivity index (χ4n) is 1.56. The highest BCUT2D eigenvalue weighted by Crippen LogP contribution is 2.20. The average molecular weight is 261 g/mol. The van der Waals surface area contributed by atoms with Crippen LogP contribution in [0.3, 0.4) is 0 Å². The third kappa shape index (κ3) is 3.42. The topological polar surface area (TPSA) is 72.6 Å². The third-order valence-corrected chi connectivity index (χ3v) is 2.48.